The normalized spacial score (nSPS) is 11.0. The molecular formula is C22H23N7O2. The number of amides is 1. The first-order chi connectivity index (χ1) is 15.0. The number of fused-ring (bicyclic) bond motifs is 1. The van der Waals surface area contributed by atoms with Crippen LogP contribution in [0, 0.1) is 6.92 Å². The lowest BCUT2D eigenvalue weighted by molar-refractivity contribution is 0.0996. The topological polar surface area (TPSA) is 145 Å². The van der Waals surface area contributed by atoms with Crippen molar-refractivity contribution in [3.8, 4) is 22.6 Å². The second kappa shape index (κ2) is 8.41. The molecule has 0 aliphatic rings. The van der Waals surface area contributed by atoms with Gasteiger partial charge in [-0.1, -0.05) is 18.2 Å². The van der Waals surface area contributed by atoms with Crippen molar-refractivity contribution in [2.75, 3.05) is 31.3 Å². The molecule has 9 nitrogen and oxygen atoms in total. The van der Waals surface area contributed by atoms with Gasteiger partial charge in [-0.2, -0.15) is 5.10 Å². The number of anilines is 2. The molecule has 0 saturated heterocycles. The Morgan fingerprint density at radius 3 is 2.77 bits per heavy atom. The second-order valence-corrected chi connectivity index (χ2v) is 7.08. The third-order valence-electron chi connectivity index (χ3n) is 5.04. The van der Waals surface area contributed by atoms with Gasteiger partial charge in [0.1, 0.15) is 0 Å². The summed E-state index contributed by atoms with van der Waals surface area (Å²) in [5.74, 6) is -0.373. The van der Waals surface area contributed by atoms with E-state index in [1.807, 2.05) is 43.3 Å². The van der Waals surface area contributed by atoms with Crippen LogP contribution in [0.3, 0.4) is 0 Å². The van der Waals surface area contributed by atoms with Gasteiger partial charge < -0.3 is 21.5 Å². The molecule has 0 aliphatic carbocycles. The Balaban J connectivity index is 1.95. The Bertz CT molecular complexity index is 1270. The highest BCUT2D eigenvalue weighted by atomic mass is 16.5. The number of nitrogens with two attached hydrogens (primary N) is 2. The minimum atomic E-state index is -0.718. The minimum absolute atomic E-state index is 0.0217. The van der Waals surface area contributed by atoms with E-state index in [0.717, 1.165) is 33.3 Å². The summed E-state index contributed by atoms with van der Waals surface area (Å²) in [5, 5.41) is 11.2. The van der Waals surface area contributed by atoms with Crippen LogP contribution in [-0.4, -0.2) is 46.3 Å². The number of primary amides is 1. The van der Waals surface area contributed by atoms with Gasteiger partial charge in [0.25, 0.3) is 5.91 Å². The molecule has 0 radical (unpaired) electrons. The lowest BCUT2D eigenvalue weighted by Crippen LogP contribution is -2.18. The fourth-order valence-corrected chi connectivity index (χ4v) is 3.53. The van der Waals surface area contributed by atoms with Crippen LogP contribution in [0.15, 0.2) is 42.6 Å². The minimum Gasteiger partial charge on any atom is -0.395 e. The summed E-state index contributed by atoms with van der Waals surface area (Å²) in [5.41, 5.74) is 16.6. The lowest BCUT2D eigenvalue weighted by atomic mass is 9.99. The number of methoxy groups -OCH3 is 1. The Kier molecular flexibility index (Phi) is 5.50. The Morgan fingerprint density at radius 2 is 2.00 bits per heavy atom. The number of benzene rings is 2. The zero-order valence-corrected chi connectivity index (χ0v) is 17.3. The summed E-state index contributed by atoms with van der Waals surface area (Å²) < 4.78 is 5.12. The number of hydrogen-bond donors (Lipinski definition) is 4. The van der Waals surface area contributed by atoms with E-state index in [4.69, 9.17) is 21.2 Å². The molecule has 1 amide bonds. The molecule has 0 aliphatic heterocycles. The highest BCUT2D eigenvalue weighted by Crippen LogP contribution is 2.36. The van der Waals surface area contributed by atoms with E-state index in [9.17, 15) is 4.79 Å². The van der Waals surface area contributed by atoms with Crippen molar-refractivity contribution < 1.29 is 9.53 Å². The number of nitrogens with zero attached hydrogens (tertiary/aromatic N) is 3. The maximum absolute atomic E-state index is 12.2. The van der Waals surface area contributed by atoms with E-state index in [1.165, 1.54) is 0 Å². The summed E-state index contributed by atoms with van der Waals surface area (Å²) in [6, 6.07) is 11.5. The predicted octanol–water partition coefficient (Wildman–Crippen LogP) is 2.73. The number of ether oxygens (including phenoxy) is 1. The third-order valence-corrected chi connectivity index (χ3v) is 5.04. The van der Waals surface area contributed by atoms with Gasteiger partial charge in [-0.05, 0) is 30.7 Å². The number of rotatable bonds is 7. The van der Waals surface area contributed by atoms with Crippen LogP contribution >= 0.6 is 0 Å². The molecule has 2 heterocycles. The van der Waals surface area contributed by atoms with E-state index < -0.39 is 5.91 Å². The smallest absolute Gasteiger partial charge is 0.269 e. The van der Waals surface area contributed by atoms with E-state index in [2.05, 4.69) is 20.5 Å². The monoisotopic (exact) mass is 417 g/mol. The van der Waals surface area contributed by atoms with E-state index in [1.54, 1.807) is 13.3 Å². The molecule has 31 heavy (non-hydrogen) atoms. The SMILES string of the molecule is COCCNc1ccccc1-c1nc(C(N)=O)c(N)c(-c2c(C)ccc3[nH]ncc23)n1. The van der Waals surface area contributed by atoms with Gasteiger partial charge in [-0.3, -0.25) is 9.89 Å². The number of para-hydroxylation sites is 1. The number of aromatic nitrogens is 4. The summed E-state index contributed by atoms with van der Waals surface area (Å²) >= 11 is 0. The van der Waals surface area contributed by atoms with Gasteiger partial charge in [0.2, 0.25) is 0 Å². The first kappa shape index (κ1) is 20.3. The maximum Gasteiger partial charge on any atom is 0.269 e. The van der Waals surface area contributed by atoms with Crippen molar-refractivity contribution >= 4 is 28.2 Å². The lowest BCUT2D eigenvalue weighted by Gasteiger charge is -2.16. The first-order valence-electron chi connectivity index (χ1n) is 9.73. The summed E-state index contributed by atoms with van der Waals surface area (Å²) in [6.07, 6.45) is 1.71. The average Bonchev–Trinajstić information content (AvgIpc) is 3.23. The number of carbonyl (C=O) groups excluding carboxylic acids is 1. The molecule has 0 atom stereocenters. The summed E-state index contributed by atoms with van der Waals surface area (Å²) in [4.78, 5) is 21.4. The zero-order valence-electron chi connectivity index (χ0n) is 17.3. The molecular weight excluding hydrogens is 394 g/mol. The van der Waals surface area contributed by atoms with Crippen LogP contribution in [0.1, 0.15) is 16.1 Å². The molecule has 0 bridgehead atoms. The van der Waals surface area contributed by atoms with Gasteiger partial charge in [0, 0.05) is 35.9 Å². The Hall–Kier alpha value is -3.98. The number of H-pyrrole nitrogens is 1. The predicted molar refractivity (Wildman–Crippen MR) is 121 cm³/mol. The molecule has 4 rings (SSSR count). The quantitative estimate of drug-likeness (QED) is 0.338. The molecule has 0 unspecified atom stereocenters. The van der Waals surface area contributed by atoms with Crippen LogP contribution in [0.5, 0.6) is 0 Å². The van der Waals surface area contributed by atoms with Crippen molar-refractivity contribution in [1.82, 2.24) is 20.2 Å². The van der Waals surface area contributed by atoms with Crippen LogP contribution in [0.4, 0.5) is 11.4 Å². The zero-order chi connectivity index (χ0) is 22.0. The van der Waals surface area contributed by atoms with E-state index in [0.29, 0.717) is 24.7 Å². The second-order valence-electron chi connectivity index (χ2n) is 7.08. The first-order valence-corrected chi connectivity index (χ1v) is 9.73. The molecule has 9 heteroatoms. The largest absolute Gasteiger partial charge is 0.395 e. The Morgan fingerprint density at radius 1 is 1.19 bits per heavy atom. The summed E-state index contributed by atoms with van der Waals surface area (Å²) in [7, 11) is 1.64. The molecule has 0 saturated carbocycles. The number of aryl methyl sites for hydroxylation is 1. The maximum atomic E-state index is 12.2. The van der Waals surface area contributed by atoms with Gasteiger partial charge in [-0.15, -0.1) is 0 Å². The van der Waals surface area contributed by atoms with Crippen LogP contribution < -0.4 is 16.8 Å². The van der Waals surface area contributed by atoms with Gasteiger partial charge in [0.05, 0.1) is 29.7 Å². The van der Waals surface area contributed by atoms with Gasteiger partial charge in [-0.25, -0.2) is 9.97 Å². The standard InChI is InChI=1S/C22H23N7O2/c1-12-7-8-16-14(11-26-29-16)17(12)19-18(23)20(21(24)30)28-22(27-19)13-5-3-4-6-15(13)25-9-10-31-2/h3-8,11,25H,9-10,23H2,1-2H3,(H2,24,30)(H,26,29). The third kappa shape index (κ3) is 3.78. The van der Waals surface area contributed by atoms with Crippen molar-refractivity contribution in [1.29, 1.82) is 0 Å². The highest BCUT2D eigenvalue weighted by molar-refractivity contribution is 6.04. The molecule has 0 fully saturated rings. The molecule has 6 N–H and O–H groups in total. The molecule has 158 valence electrons. The number of nitrogen functional groups attached to an aromatic ring is 1. The fourth-order valence-electron chi connectivity index (χ4n) is 3.53. The van der Waals surface area contributed by atoms with Crippen molar-refractivity contribution in [2.24, 2.45) is 5.73 Å². The Labute approximate surface area is 178 Å². The molecule has 4 aromatic rings. The average molecular weight is 417 g/mol. The number of aromatic amines is 1. The number of carbonyl (C=O) groups is 1. The number of hydrogen-bond acceptors (Lipinski definition) is 7. The highest BCUT2D eigenvalue weighted by Gasteiger charge is 2.22. The fraction of sp³-hybridized carbons (Fsp3) is 0.182. The van der Waals surface area contributed by atoms with Gasteiger partial charge in [0.15, 0.2) is 11.5 Å². The number of nitrogens with one attached hydrogen (secondary N) is 2. The van der Waals surface area contributed by atoms with Crippen molar-refractivity contribution in [2.45, 2.75) is 6.92 Å². The summed E-state index contributed by atoms with van der Waals surface area (Å²) in [6.45, 7) is 3.09. The van der Waals surface area contributed by atoms with Crippen molar-refractivity contribution in [3.63, 3.8) is 0 Å². The molecule has 2 aromatic carbocycles. The van der Waals surface area contributed by atoms with Crippen molar-refractivity contribution in [3.05, 3.63) is 53.9 Å². The van der Waals surface area contributed by atoms with Crippen LogP contribution in [-0.2, 0) is 4.74 Å². The van der Waals surface area contributed by atoms with Gasteiger partial charge >= 0.3 is 0 Å². The van der Waals surface area contributed by atoms with Crippen LogP contribution in [0.25, 0.3) is 33.5 Å². The molecule has 2 aromatic heterocycles. The van der Waals surface area contributed by atoms with E-state index in [-0.39, 0.29) is 11.4 Å². The van der Waals surface area contributed by atoms with E-state index >= 15 is 0 Å². The molecule has 0 spiro atoms. The van der Waals surface area contributed by atoms with Crippen LogP contribution in [0.2, 0.25) is 0 Å².